The molecule has 180 valence electrons. The molecule has 0 saturated carbocycles. The molecule has 0 aliphatic carbocycles. The summed E-state index contributed by atoms with van der Waals surface area (Å²) < 4.78 is 22.2. The minimum absolute atomic E-state index is 0.0638. The van der Waals surface area contributed by atoms with Crippen LogP contribution in [0.1, 0.15) is 24.0 Å². The highest BCUT2D eigenvalue weighted by molar-refractivity contribution is 5.58. The number of benzene rings is 2. The van der Waals surface area contributed by atoms with Gasteiger partial charge in [-0.3, -0.25) is 4.90 Å². The number of anilines is 1. The van der Waals surface area contributed by atoms with Crippen molar-refractivity contribution in [2.24, 2.45) is 0 Å². The van der Waals surface area contributed by atoms with Crippen LogP contribution < -0.4 is 19.1 Å². The van der Waals surface area contributed by atoms with E-state index in [1.807, 2.05) is 24.3 Å². The molecular formula is C25H34N2O6. The molecule has 8 nitrogen and oxygen atoms in total. The Hall–Kier alpha value is -2.52. The van der Waals surface area contributed by atoms with Gasteiger partial charge in [0.2, 0.25) is 0 Å². The first-order valence-corrected chi connectivity index (χ1v) is 11.4. The molecule has 0 aromatic heterocycles. The lowest BCUT2D eigenvalue weighted by atomic mass is 10.0. The summed E-state index contributed by atoms with van der Waals surface area (Å²) in [5, 5.41) is 18.7. The van der Waals surface area contributed by atoms with Crippen LogP contribution in [0.5, 0.6) is 17.2 Å². The van der Waals surface area contributed by atoms with Crippen molar-refractivity contribution in [3.63, 3.8) is 0 Å². The molecule has 0 bridgehead atoms. The normalized spacial score (nSPS) is 18.0. The minimum Gasteiger partial charge on any atom is -0.493 e. The summed E-state index contributed by atoms with van der Waals surface area (Å²) in [7, 11) is 3.30. The van der Waals surface area contributed by atoms with Crippen molar-refractivity contribution in [3.8, 4) is 17.2 Å². The lowest BCUT2D eigenvalue weighted by Crippen LogP contribution is -2.49. The van der Waals surface area contributed by atoms with E-state index in [2.05, 4.69) is 21.9 Å². The van der Waals surface area contributed by atoms with Crippen LogP contribution in [0.2, 0.25) is 0 Å². The van der Waals surface area contributed by atoms with Gasteiger partial charge in [-0.2, -0.15) is 0 Å². The van der Waals surface area contributed by atoms with Crippen LogP contribution in [0.15, 0.2) is 36.4 Å². The molecule has 2 aliphatic rings. The fourth-order valence-electron chi connectivity index (χ4n) is 4.54. The van der Waals surface area contributed by atoms with Gasteiger partial charge >= 0.3 is 0 Å². The average molecular weight is 459 g/mol. The fraction of sp³-hybridized carbons (Fsp3) is 0.520. The van der Waals surface area contributed by atoms with Crippen molar-refractivity contribution in [2.45, 2.75) is 38.1 Å². The maximum absolute atomic E-state index is 9.63. The monoisotopic (exact) mass is 458 g/mol. The largest absolute Gasteiger partial charge is 0.493 e. The van der Waals surface area contributed by atoms with E-state index < -0.39 is 6.10 Å². The maximum Gasteiger partial charge on any atom is 0.161 e. The van der Waals surface area contributed by atoms with Gasteiger partial charge in [-0.15, -0.1) is 0 Å². The molecule has 1 unspecified atom stereocenters. The molecule has 4 rings (SSSR count). The second-order valence-corrected chi connectivity index (χ2v) is 8.57. The van der Waals surface area contributed by atoms with Crippen molar-refractivity contribution in [1.29, 1.82) is 0 Å². The molecule has 2 heterocycles. The van der Waals surface area contributed by atoms with Crippen LogP contribution in [-0.2, 0) is 17.8 Å². The Kier molecular flexibility index (Phi) is 7.93. The Morgan fingerprint density at radius 1 is 1.06 bits per heavy atom. The molecule has 0 radical (unpaired) electrons. The van der Waals surface area contributed by atoms with E-state index in [-0.39, 0.29) is 13.2 Å². The van der Waals surface area contributed by atoms with Crippen molar-refractivity contribution < 1.29 is 29.2 Å². The lowest BCUT2D eigenvalue weighted by Gasteiger charge is -2.44. The summed E-state index contributed by atoms with van der Waals surface area (Å²) in [6.07, 6.45) is 1.12. The van der Waals surface area contributed by atoms with Gasteiger partial charge in [-0.25, -0.2) is 0 Å². The Balaban J connectivity index is 1.56. The zero-order chi connectivity index (χ0) is 23.2. The molecular weight excluding hydrogens is 424 g/mol. The average Bonchev–Trinajstić information content (AvgIpc) is 2.87. The summed E-state index contributed by atoms with van der Waals surface area (Å²) in [4.78, 5) is 4.89. The topological polar surface area (TPSA) is 83.9 Å². The van der Waals surface area contributed by atoms with E-state index in [1.54, 1.807) is 14.2 Å². The highest BCUT2D eigenvalue weighted by atomic mass is 16.5. The van der Waals surface area contributed by atoms with E-state index in [0.29, 0.717) is 11.8 Å². The highest BCUT2D eigenvalue weighted by Crippen LogP contribution is 2.35. The van der Waals surface area contributed by atoms with Gasteiger partial charge in [0.05, 0.1) is 27.5 Å². The van der Waals surface area contributed by atoms with Crippen molar-refractivity contribution >= 4 is 5.69 Å². The first-order chi connectivity index (χ1) is 16.1. The standard InChI is InChI=1S/C25H34N2O6/c1-30-24-6-3-18(11-25(24)31-2)13-26-14-19-12-22(33-16-21(29)15-28)4-5-23(19)27(17-26)20-7-9-32-10-8-20/h3-6,11-12,20-21,28-29H,7-10,13-17H2,1-2H3. The van der Waals surface area contributed by atoms with Crippen molar-refractivity contribution in [2.75, 3.05) is 52.2 Å². The Bertz CT molecular complexity index is 918. The number of aliphatic hydroxyl groups excluding tert-OH is 2. The Labute approximate surface area is 195 Å². The van der Waals surface area contributed by atoms with Crippen molar-refractivity contribution in [3.05, 3.63) is 47.5 Å². The summed E-state index contributed by atoms with van der Waals surface area (Å²) in [5.41, 5.74) is 3.56. The third kappa shape index (κ3) is 5.70. The third-order valence-electron chi connectivity index (χ3n) is 6.25. The Morgan fingerprint density at radius 3 is 2.58 bits per heavy atom. The van der Waals surface area contributed by atoms with Crippen LogP contribution >= 0.6 is 0 Å². The predicted octanol–water partition coefficient (Wildman–Crippen LogP) is 2.39. The number of rotatable bonds is 9. The van der Waals surface area contributed by atoms with Crippen LogP contribution in [0, 0.1) is 0 Å². The molecule has 0 spiro atoms. The third-order valence-corrected chi connectivity index (χ3v) is 6.25. The quantitative estimate of drug-likeness (QED) is 0.593. The predicted molar refractivity (Wildman–Crippen MR) is 125 cm³/mol. The first-order valence-electron chi connectivity index (χ1n) is 11.4. The van der Waals surface area contributed by atoms with Crippen LogP contribution in [0.3, 0.4) is 0 Å². The molecule has 1 fully saturated rings. The van der Waals surface area contributed by atoms with E-state index in [1.165, 1.54) is 11.3 Å². The van der Waals surface area contributed by atoms with Gasteiger partial charge in [-0.05, 0) is 54.3 Å². The number of hydrogen-bond donors (Lipinski definition) is 2. The van der Waals surface area contributed by atoms with E-state index in [9.17, 15) is 5.11 Å². The molecule has 1 saturated heterocycles. The second kappa shape index (κ2) is 11.1. The number of fused-ring (bicyclic) bond motifs is 1. The molecule has 2 aromatic carbocycles. The molecule has 2 aliphatic heterocycles. The van der Waals surface area contributed by atoms with Gasteiger partial charge in [0.1, 0.15) is 18.5 Å². The SMILES string of the molecule is COc1ccc(CN2Cc3cc(OCC(O)CO)ccc3N(C3CCOCC3)C2)cc1OC. The number of nitrogens with zero attached hydrogens (tertiary/aromatic N) is 2. The summed E-state index contributed by atoms with van der Waals surface area (Å²) >= 11 is 0. The van der Waals surface area contributed by atoms with Gasteiger partial charge in [0.15, 0.2) is 11.5 Å². The molecule has 2 N–H and O–H groups in total. The fourth-order valence-corrected chi connectivity index (χ4v) is 4.54. The number of hydrogen-bond acceptors (Lipinski definition) is 8. The molecule has 2 aromatic rings. The number of aliphatic hydroxyl groups is 2. The number of ether oxygens (including phenoxy) is 4. The van der Waals surface area contributed by atoms with Crippen molar-refractivity contribution in [1.82, 2.24) is 4.90 Å². The van der Waals surface area contributed by atoms with Crippen LogP contribution in [-0.4, -0.2) is 74.6 Å². The summed E-state index contributed by atoms with van der Waals surface area (Å²) in [6.45, 7) is 3.70. The zero-order valence-electron chi connectivity index (χ0n) is 19.4. The highest BCUT2D eigenvalue weighted by Gasteiger charge is 2.30. The molecule has 8 heteroatoms. The van der Waals surface area contributed by atoms with Crippen LogP contribution in [0.4, 0.5) is 5.69 Å². The Morgan fingerprint density at radius 2 is 1.85 bits per heavy atom. The van der Waals surface area contributed by atoms with Crippen LogP contribution in [0.25, 0.3) is 0 Å². The zero-order valence-corrected chi connectivity index (χ0v) is 19.4. The van der Waals surface area contributed by atoms with E-state index in [0.717, 1.165) is 62.9 Å². The second-order valence-electron chi connectivity index (χ2n) is 8.57. The van der Waals surface area contributed by atoms with Gasteiger partial charge in [0.25, 0.3) is 0 Å². The number of methoxy groups -OCH3 is 2. The molecule has 33 heavy (non-hydrogen) atoms. The minimum atomic E-state index is -0.888. The van der Waals surface area contributed by atoms with E-state index >= 15 is 0 Å². The van der Waals surface area contributed by atoms with Gasteiger partial charge < -0.3 is 34.1 Å². The first kappa shape index (κ1) is 23.6. The maximum atomic E-state index is 9.63. The smallest absolute Gasteiger partial charge is 0.161 e. The van der Waals surface area contributed by atoms with E-state index in [4.69, 9.17) is 24.1 Å². The summed E-state index contributed by atoms with van der Waals surface area (Å²) in [5.74, 6) is 2.15. The van der Waals surface area contributed by atoms with Gasteiger partial charge in [-0.1, -0.05) is 6.07 Å². The lowest BCUT2D eigenvalue weighted by molar-refractivity contribution is 0.0535. The molecule has 1 atom stereocenters. The van der Waals surface area contributed by atoms with Gasteiger partial charge in [0, 0.05) is 38.0 Å². The molecule has 0 amide bonds. The summed E-state index contributed by atoms with van der Waals surface area (Å²) in [6, 6.07) is 12.6.